The molecule has 0 aliphatic heterocycles. The third-order valence-electron chi connectivity index (χ3n) is 2.50. The lowest BCUT2D eigenvalue weighted by Crippen LogP contribution is -2.07. The van der Waals surface area contributed by atoms with Gasteiger partial charge in [0.1, 0.15) is 18.2 Å². The van der Waals surface area contributed by atoms with Crippen LogP contribution in [0.15, 0.2) is 30.6 Å². The summed E-state index contributed by atoms with van der Waals surface area (Å²) in [6, 6.07) is 3.15. The Bertz CT molecular complexity index is 628. The minimum atomic E-state index is -2.75. The van der Waals surface area contributed by atoms with E-state index in [4.69, 9.17) is 9.84 Å². The topological polar surface area (TPSA) is 64.3 Å². The Morgan fingerprint density at radius 1 is 1.45 bits per heavy atom. The molecule has 106 valence electrons. The lowest BCUT2D eigenvalue weighted by Gasteiger charge is -2.09. The zero-order valence-corrected chi connectivity index (χ0v) is 9.96. The summed E-state index contributed by atoms with van der Waals surface area (Å²) in [5.41, 5.74) is -0.494. The first-order valence-corrected chi connectivity index (χ1v) is 5.44. The van der Waals surface area contributed by atoms with Crippen LogP contribution in [0.3, 0.4) is 0 Å². The van der Waals surface area contributed by atoms with Crippen LogP contribution in [0, 0.1) is 5.82 Å². The third-order valence-corrected chi connectivity index (χ3v) is 2.50. The molecule has 2 aromatic rings. The molecular formula is C12H9F3N2O3. The number of ether oxygens (including phenoxy) is 1. The second-order valence-electron chi connectivity index (χ2n) is 3.76. The fourth-order valence-corrected chi connectivity index (χ4v) is 1.54. The van der Waals surface area contributed by atoms with Crippen LogP contribution < -0.4 is 4.74 Å². The smallest absolute Gasteiger partial charge is 0.338 e. The van der Waals surface area contributed by atoms with Crippen LogP contribution >= 0.6 is 0 Å². The second kappa shape index (κ2) is 5.64. The Labute approximate surface area is 111 Å². The molecule has 0 spiro atoms. The minimum absolute atomic E-state index is 0.0244. The number of rotatable bonds is 5. The van der Waals surface area contributed by atoms with E-state index in [-0.39, 0.29) is 18.2 Å². The van der Waals surface area contributed by atoms with E-state index < -0.39 is 23.9 Å². The standard InChI is InChI=1S/C12H9F3N2O3/c13-9-5-7(1-2-8(9)11(18)19)20-6-10-16-3-4-17(10)12(14)15/h1-5,12H,6H2,(H,18,19). The first-order valence-electron chi connectivity index (χ1n) is 5.44. The number of hydrogen-bond donors (Lipinski definition) is 1. The molecule has 1 heterocycles. The van der Waals surface area contributed by atoms with E-state index in [1.165, 1.54) is 12.3 Å². The van der Waals surface area contributed by atoms with Gasteiger partial charge in [-0.3, -0.25) is 4.57 Å². The molecule has 0 saturated carbocycles. The van der Waals surface area contributed by atoms with E-state index in [1.54, 1.807) is 0 Å². The molecule has 8 heteroatoms. The van der Waals surface area contributed by atoms with Crippen molar-refractivity contribution in [2.24, 2.45) is 0 Å². The molecule has 0 aliphatic rings. The van der Waals surface area contributed by atoms with Crippen molar-refractivity contribution < 1.29 is 27.8 Å². The number of carboxylic acid groups (broad SMARTS) is 1. The predicted molar refractivity (Wildman–Crippen MR) is 61.2 cm³/mol. The number of alkyl halides is 2. The van der Waals surface area contributed by atoms with Gasteiger partial charge in [-0.2, -0.15) is 8.78 Å². The average Bonchev–Trinajstić information content (AvgIpc) is 2.84. The molecule has 0 saturated heterocycles. The number of halogens is 3. The quantitative estimate of drug-likeness (QED) is 0.917. The highest BCUT2D eigenvalue weighted by Gasteiger charge is 2.13. The van der Waals surface area contributed by atoms with Gasteiger partial charge in [0.2, 0.25) is 0 Å². The SMILES string of the molecule is O=C(O)c1ccc(OCc2nccn2C(F)F)cc1F. The summed E-state index contributed by atoms with van der Waals surface area (Å²) in [4.78, 5) is 14.3. The van der Waals surface area contributed by atoms with Crippen LogP contribution in [0.1, 0.15) is 22.7 Å². The van der Waals surface area contributed by atoms with Gasteiger partial charge in [0.15, 0.2) is 5.82 Å². The van der Waals surface area contributed by atoms with Gasteiger partial charge in [-0.05, 0) is 12.1 Å². The maximum Gasteiger partial charge on any atom is 0.338 e. The van der Waals surface area contributed by atoms with Crippen molar-refractivity contribution >= 4 is 5.97 Å². The highest BCUT2D eigenvalue weighted by molar-refractivity contribution is 5.88. The van der Waals surface area contributed by atoms with Crippen molar-refractivity contribution in [2.45, 2.75) is 13.2 Å². The van der Waals surface area contributed by atoms with E-state index in [0.29, 0.717) is 4.57 Å². The van der Waals surface area contributed by atoms with E-state index in [0.717, 1.165) is 18.3 Å². The van der Waals surface area contributed by atoms with Gasteiger partial charge in [0.05, 0.1) is 5.56 Å². The van der Waals surface area contributed by atoms with E-state index >= 15 is 0 Å². The first-order chi connectivity index (χ1) is 9.49. The maximum absolute atomic E-state index is 13.4. The summed E-state index contributed by atoms with van der Waals surface area (Å²) in [5.74, 6) is -2.37. The molecule has 2 rings (SSSR count). The van der Waals surface area contributed by atoms with Gasteiger partial charge >= 0.3 is 12.5 Å². The molecule has 0 bridgehead atoms. The molecule has 5 nitrogen and oxygen atoms in total. The molecule has 1 N–H and O–H groups in total. The van der Waals surface area contributed by atoms with Gasteiger partial charge in [0, 0.05) is 18.5 Å². The Hall–Kier alpha value is -2.51. The van der Waals surface area contributed by atoms with Gasteiger partial charge in [-0.25, -0.2) is 14.2 Å². The van der Waals surface area contributed by atoms with E-state index in [9.17, 15) is 18.0 Å². The summed E-state index contributed by atoms with van der Waals surface area (Å²) < 4.78 is 44.2. The Kier molecular flexibility index (Phi) is 3.92. The van der Waals surface area contributed by atoms with Gasteiger partial charge in [-0.15, -0.1) is 0 Å². The normalized spacial score (nSPS) is 10.8. The number of carboxylic acids is 1. The predicted octanol–water partition coefficient (Wildman–Crippen LogP) is 2.69. The molecule has 1 aromatic carbocycles. The lowest BCUT2D eigenvalue weighted by atomic mass is 10.2. The van der Waals surface area contributed by atoms with Crippen LogP contribution in [0.4, 0.5) is 13.2 Å². The van der Waals surface area contributed by atoms with E-state index in [2.05, 4.69) is 4.98 Å². The molecular weight excluding hydrogens is 277 g/mol. The number of carbonyl (C=O) groups is 1. The van der Waals surface area contributed by atoms with E-state index in [1.807, 2.05) is 0 Å². The van der Waals surface area contributed by atoms with Crippen LogP contribution in [-0.4, -0.2) is 20.6 Å². The maximum atomic E-state index is 13.4. The number of aromatic nitrogens is 2. The van der Waals surface area contributed by atoms with Crippen molar-refractivity contribution in [3.63, 3.8) is 0 Å². The fraction of sp³-hybridized carbons (Fsp3) is 0.167. The number of nitrogens with zero attached hydrogens (tertiary/aromatic N) is 2. The zero-order chi connectivity index (χ0) is 14.7. The van der Waals surface area contributed by atoms with Gasteiger partial charge in [-0.1, -0.05) is 0 Å². The fourth-order valence-electron chi connectivity index (χ4n) is 1.54. The summed E-state index contributed by atoms with van der Waals surface area (Å²) in [5, 5.41) is 8.66. The monoisotopic (exact) mass is 286 g/mol. The Balaban J connectivity index is 2.09. The Morgan fingerprint density at radius 3 is 2.80 bits per heavy atom. The summed E-state index contributed by atoms with van der Waals surface area (Å²) >= 11 is 0. The lowest BCUT2D eigenvalue weighted by molar-refractivity contribution is 0.0630. The van der Waals surface area contributed by atoms with Crippen molar-refractivity contribution in [3.8, 4) is 5.75 Å². The van der Waals surface area contributed by atoms with Crippen LogP contribution in [-0.2, 0) is 6.61 Å². The molecule has 20 heavy (non-hydrogen) atoms. The highest BCUT2D eigenvalue weighted by atomic mass is 19.3. The van der Waals surface area contributed by atoms with Crippen LogP contribution in [0.5, 0.6) is 5.75 Å². The molecule has 1 aromatic heterocycles. The minimum Gasteiger partial charge on any atom is -0.486 e. The van der Waals surface area contributed by atoms with Crippen molar-refractivity contribution in [1.29, 1.82) is 0 Å². The van der Waals surface area contributed by atoms with Gasteiger partial charge in [0.25, 0.3) is 0 Å². The zero-order valence-electron chi connectivity index (χ0n) is 9.96. The highest BCUT2D eigenvalue weighted by Crippen LogP contribution is 2.19. The number of aromatic carboxylic acids is 1. The average molecular weight is 286 g/mol. The molecule has 0 aliphatic carbocycles. The molecule has 0 amide bonds. The largest absolute Gasteiger partial charge is 0.486 e. The van der Waals surface area contributed by atoms with Crippen molar-refractivity contribution in [3.05, 3.63) is 47.8 Å². The summed E-state index contributed by atoms with van der Waals surface area (Å²) in [6.07, 6.45) is 2.29. The molecule has 0 atom stereocenters. The first kappa shape index (κ1) is 13.9. The summed E-state index contributed by atoms with van der Waals surface area (Å²) in [7, 11) is 0. The summed E-state index contributed by atoms with van der Waals surface area (Å²) in [6.45, 7) is -3.04. The number of imidazole rings is 1. The van der Waals surface area contributed by atoms with Crippen molar-refractivity contribution in [1.82, 2.24) is 9.55 Å². The number of hydrogen-bond acceptors (Lipinski definition) is 3. The molecule has 0 fully saturated rings. The molecule has 0 unspecified atom stereocenters. The van der Waals surface area contributed by atoms with Gasteiger partial charge < -0.3 is 9.84 Å². The van der Waals surface area contributed by atoms with Crippen LogP contribution in [0.2, 0.25) is 0 Å². The Morgan fingerprint density at radius 2 is 2.20 bits per heavy atom. The van der Waals surface area contributed by atoms with Crippen LogP contribution in [0.25, 0.3) is 0 Å². The third kappa shape index (κ3) is 2.90. The van der Waals surface area contributed by atoms with Crippen molar-refractivity contribution in [2.75, 3.05) is 0 Å². The second-order valence-corrected chi connectivity index (χ2v) is 3.76. The molecule has 0 radical (unpaired) electrons. The number of benzene rings is 1.